The first-order chi connectivity index (χ1) is 13.0. The highest BCUT2D eigenvalue weighted by Crippen LogP contribution is 2.27. The normalized spacial score (nSPS) is 11.9. The van der Waals surface area contributed by atoms with E-state index in [1.54, 1.807) is 28.0 Å². The van der Waals surface area contributed by atoms with E-state index >= 15 is 0 Å². The number of nitrogens with two attached hydrogens (primary N) is 1. The zero-order valence-corrected chi connectivity index (χ0v) is 15.7. The summed E-state index contributed by atoms with van der Waals surface area (Å²) in [6.45, 7) is 2.96. The van der Waals surface area contributed by atoms with Gasteiger partial charge in [-0.05, 0) is 30.7 Å². The lowest BCUT2D eigenvalue weighted by Gasteiger charge is -2.04. The highest BCUT2D eigenvalue weighted by molar-refractivity contribution is 7.15. The topological polar surface area (TPSA) is 87.8 Å². The molecule has 0 amide bonds. The molecule has 3 aromatic heterocycles. The minimum Gasteiger partial charge on any atom is -0.327 e. The number of halogens is 1. The van der Waals surface area contributed by atoms with Crippen molar-refractivity contribution in [2.45, 2.75) is 26.6 Å². The zero-order valence-electron chi connectivity index (χ0n) is 14.8. The molecule has 0 aliphatic heterocycles. The summed E-state index contributed by atoms with van der Waals surface area (Å²) in [6.07, 6.45) is 3.68. The number of nitrogens with zero attached hydrogens (tertiary/aromatic N) is 4. The molecule has 0 unspecified atom stereocenters. The maximum absolute atomic E-state index is 12.7. The van der Waals surface area contributed by atoms with Crippen molar-refractivity contribution in [3.63, 3.8) is 0 Å². The Labute approximate surface area is 158 Å². The van der Waals surface area contributed by atoms with E-state index in [1.165, 1.54) is 15.6 Å². The van der Waals surface area contributed by atoms with Gasteiger partial charge >= 0.3 is 5.69 Å². The molecule has 0 atom stereocenters. The number of thiophene rings is 1. The summed E-state index contributed by atoms with van der Waals surface area (Å²) in [5.74, 6) is 0. The van der Waals surface area contributed by atoms with Crippen molar-refractivity contribution in [3.8, 4) is 10.4 Å². The van der Waals surface area contributed by atoms with Crippen molar-refractivity contribution in [2.24, 2.45) is 5.73 Å². The maximum Gasteiger partial charge on any atom is 0.346 e. The van der Waals surface area contributed by atoms with E-state index < -0.39 is 0 Å². The summed E-state index contributed by atoms with van der Waals surface area (Å²) < 4.78 is 17.0. The Hall–Kier alpha value is -2.78. The van der Waals surface area contributed by atoms with Gasteiger partial charge in [-0.2, -0.15) is 5.10 Å². The zero-order chi connectivity index (χ0) is 19.4. The van der Waals surface area contributed by atoms with Gasteiger partial charge in [0.05, 0.1) is 19.4 Å². The predicted octanol–water partition coefficient (Wildman–Crippen LogP) is 1.82. The summed E-state index contributed by atoms with van der Waals surface area (Å²) in [5, 5.41) is 4.02. The van der Waals surface area contributed by atoms with Crippen molar-refractivity contribution in [3.05, 3.63) is 74.4 Å². The Bertz CT molecular complexity index is 1080. The molecule has 0 radical (unpaired) electrons. The van der Waals surface area contributed by atoms with E-state index in [9.17, 15) is 14.0 Å². The summed E-state index contributed by atoms with van der Waals surface area (Å²) in [4.78, 5) is 26.1. The van der Waals surface area contributed by atoms with Crippen LogP contribution in [0, 0.1) is 0 Å². The Balaban J connectivity index is 1.80. The number of hydrogen-bond donors (Lipinski definition) is 1. The Morgan fingerprint density at radius 2 is 2.07 bits per heavy atom. The van der Waals surface area contributed by atoms with Crippen LogP contribution in [0.3, 0.4) is 0 Å². The molecule has 0 aliphatic rings. The first-order valence-corrected chi connectivity index (χ1v) is 9.27. The van der Waals surface area contributed by atoms with Crippen LogP contribution >= 0.6 is 11.3 Å². The van der Waals surface area contributed by atoms with Gasteiger partial charge in [-0.3, -0.25) is 9.36 Å². The van der Waals surface area contributed by atoms with E-state index in [0.717, 1.165) is 15.3 Å². The second-order valence-corrected chi connectivity index (χ2v) is 7.15. The van der Waals surface area contributed by atoms with E-state index in [4.69, 9.17) is 5.73 Å². The van der Waals surface area contributed by atoms with Crippen LogP contribution in [0.15, 0.2) is 58.3 Å². The fraction of sp³-hybridized carbons (Fsp3) is 0.278. The van der Waals surface area contributed by atoms with E-state index in [0.29, 0.717) is 25.0 Å². The lowest BCUT2D eigenvalue weighted by atomic mass is 10.2. The second-order valence-electron chi connectivity index (χ2n) is 5.98. The molecule has 0 saturated heterocycles. The molecule has 2 N–H and O–H groups in total. The van der Waals surface area contributed by atoms with Crippen LogP contribution in [-0.4, -0.2) is 25.5 Å². The quantitative estimate of drug-likeness (QED) is 0.668. The molecule has 27 heavy (non-hydrogen) atoms. The summed E-state index contributed by atoms with van der Waals surface area (Å²) >= 11 is 1.54. The molecule has 0 spiro atoms. The van der Waals surface area contributed by atoms with Crippen molar-refractivity contribution in [1.82, 2.24) is 18.9 Å². The van der Waals surface area contributed by atoms with Gasteiger partial charge in [0.1, 0.15) is 6.33 Å². The van der Waals surface area contributed by atoms with Gasteiger partial charge in [-0.1, -0.05) is 0 Å². The molecule has 0 saturated carbocycles. The molecule has 142 valence electrons. The van der Waals surface area contributed by atoms with Crippen LogP contribution in [0.4, 0.5) is 4.39 Å². The number of pyridine rings is 1. The van der Waals surface area contributed by atoms with E-state index in [1.807, 2.05) is 25.3 Å². The van der Waals surface area contributed by atoms with Crippen molar-refractivity contribution < 1.29 is 4.39 Å². The Kier molecular flexibility index (Phi) is 5.82. The van der Waals surface area contributed by atoms with Crippen LogP contribution in [0.1, 0.15) is 11.8 Å². The summed E-state index contributed by atoms with van der Waals surface area (Å²) in [6, 6.07) is 7.26. The lowest BCUT2D eigenvalue weighted by Crippen LogP contribution is -2.26. The molecule has 3 aromatic rings. The molecule has 0 fully saturated rings. The Morgan fingerprint density at radius 1 is 1.26 bits per heavy atom. The average Bonchev–Trinajstić information content (AvgIpc) is 3.28. The van der Waals surface area contributed by atoms with Crippen molar-refractivity contribution in [2.75, 3.05) is 6.54 Å². The lowest BCUT2D eigenvalue weighted by molar-refractivity contribution is 0.604. The highest BCUT2D eigenvalue weighted by atomic mass is 32.1. The fourth-order valence-corrected chi connectivity index (χ4v) is 3.63. The van der Waals surface area contributed by atoms with Gasteiger partial charge in [-0.25, -0.2) is 13.9 Å². The Morgan fingerprint density at radius 3 is 2.78 bits per heavy atom. The van der Waals surface area contributed by atoms with Crippen LogP contribution in [-0.2, 0) is 19.6 Å². The van der Waals surface area contributed by atoms with E-state index in [-0.39, 0.29) is 24.3 Å². The van der Waals surface area contributed by atoms with Crippen LogP contribution in [0.2, 0.25) is 0 Å². The number of hydrogen-bond acceptors (Lipinski definition) is 5. The minimum atomic E-state index is -0.322. The van der Waals surface area contributed by atoms with Crippen LogP contribution in [0.25, 0.3) is 10.4 Å². The average molecular weight is 389 g/mol. The highest BCUT2D eigenvalue weighted by Gasteiger charge is 2.10. The second kappa shape index (κ2) is 8.28. The molecular formula is C18H20FN5O2S. The van der Waals surface area contributed by atoms with Crippen LogP contribution < -0.4 is 17.0 Å². The SMILES string of the molecule is CCn1cc(-c2ccc(Cn3cnn(C/C(=C/F)CN)c3=O)s2)ccc1=O. The smallest absolute Gasteiger partial charge is 0.327 e. The molecular weight excluding hydrogens is 369 g/mol. The number of aromatic nitrogens is 4. The molecule has 3 heterocycles. The largest absolute Gasteiger partial charge is 0.346 e. The number of rotatable bonds is 7. The fourth-order valence-electron chi connectivity index (χ4n) is 2.63. The number of aryl methyl sites for hydroxylation is 1. The van der Waals surface area contributed by atoms with E-state index in [2.05, 4.69) is 5.10 Å². The van der Waals surface area contributed by atoms with Gasteiger partial charge in [-0.15, -0.1) is 11.3 Å². The standard InChI is InChI=1S/C18H20FN5O2S/c1-2-22-10-14(3-6-17(22)25)16-5-4-15(27-16)11-23-12-21-24(18(23)26)9-13(7-19)8-20/h3-7,10,12H,2,8-9,11,20H2,1H3/b13-7+. The van der Waals surface area contributed by atoms with Gasteiger partial charge in [0, 0.05) is 40.7 Å². The summed E-state index contributed by atoms with van der Waals surface area (Å²) in [7, 11) is 0. The molecule has 9 heteroatoms. The molecule has 7 nitrogen and oxygen atoms in total. The molecule has 0 aromatic carbocycles. The van der Waals surface area contributed by atoms with Gasteiger partial charge in [0.25, 0.3) is 5.56 Å². The first-order valence-electron chi connectivity index (χ1n) is 8.45. The third-order valence-corrected chi connectivity index (χ3v) is 5.28. The van der Waals surface area contributed by atoms with Gasteiger partial charge < -0.3 is 10.3 Å². The molecule has 0 aliphatic carbocycles. The third-order valence-electron chi connectivity index (χ3n) is 4.16. The van der Waals surface area contributed by atoms with Crippen LogP contribution in [0.5, 0.6) is 0 Å². The maximum atomic E-state index is 12.7. The van der Waals surface area contributed by atoms with Gasteiger partial charge in [0.15, 0.2) is 0 Å². The summed E-state index contributed by atoms with van der Waals surface area (Å²) in [5.41, 5.74) is 6.32. The van der Waals surface area contributed by atoms with Crippen molar-refractivity contribution >= 4 is 11.3 Å². The van der Waals surface area contributed by atoms with Crippen molar-refractivity contribution in [1.29, 1.82) is 0 Å². The monoisotopic (exact) mass is 389 g/mol. The predicted molar refractivity (Wildman–Crippen MR) is 104 cm³/mol. The molecule has 0 bridgehead atoms. The first kappa shape index (κ1) is 19.0. The van der Waals surface area contributed by atoms with Gasteiger partial charge in [0.2, 0.25) is 0 Å². The molecule has 3 rings (SSSR count). The third kappa shape index (κ3) is 4.15. The minimum absolute atomic E-state index is 0.0313.